The van der Waals surface area contributed by atoms with Gasteiger partial charge in [-0.05, 0) is 43.3 Å². The summed E-state index contributed by atoms with van der Waals surface area (Å²) in [6, 6.07) is 5.31. The highest BCUT2D eigenvalue weighted by atomic mass is 35.5. The van der Waals surface area contributed by atoms with Crippen LogP contribution in [0.15, 0.2) is 24.3 Å². The van der Waals surface area contributed by atoms with Crippen molar-refractivity contribution in [1.29, 1.82) is 0 Å². The highest BCUT2D eigenvalue weighted by Crippen LogP contribution is 2.18. The van der Waals surface area contributed by atoms with E-state index in [0.29, 0.717) is 5.02 Å². The predicted octanol–water partition coefficient (Wildman–Crippen LogP) is 2.59. The molecule has 1 aromatic carbocycles. The van der Waals surface area contributed by atoms with Crippen molar-refractivity contribution in [2.45, 2.75) is 12.8 Å². The Morgan fingerprint density at radius 3 is 2.94 bits per heavy atom. The van der Waals surface area contributed by atoms with Crippen LogP contribution in [-0.2, 0) is 11.2 Å². The minimum absolute atomic E-state index is 0.00768. The van der Waals surface area contributed by atoms with Crippen LogP contribution in [0.2, 0.25) is 5.02 Å². The summed E-state index contributed by atoms with van der Waals surface area (Å²) in [5.74, 6) is -0.850. The third-order valence-electron chi connectivity index (χ3n) is 2.31. The topological polar surface area (TPSA) is 49.3 Å². The van der Waals surface area contributed by atoms with Gasteiger partial charge in [0.15, 0.2) is 0 Å². The maximum atomic E-state index is 10.7. The molecule has 3 nitrogen and oxygen atoms in total. The SMILES string of the molecule is CNCCC=Cc1ccc(Cl)cc1CC(=O)O. The van der Waals surface area contributed by atoms with Crippen LogP contribution in [0.3, 0.4) is 0 Å². The van der Waals surface area contributed by atoms with E-state index in [2.05, 4.69) is 5.32 Å². The first kappa shape index (κ1) is 13.7. The molecule has 4 heteroatoms. The third-order valence-corrected chi connectivity index (χ3v) is 2.54. The van der Waals surface area contributed by atoms with Crippen LogP contribution in [-0.4, -0.2) is 24.7 Å². The number of halogens is 1. The Hall–Kier alpha value is -1.32. The average molecular weight is 254 g/mol. The van der Waals surface area contributed by atoms with Crippen LogP contribution in [0.1, 0.15) is 17.5 Å². The summed E-state index contributed by atoms with van der Waals surface area (Å²) in [6.45, 7) is 0.901. The molecule has 0 aliphatic heterocycles. The molecule has 0 bridgehead atoms. The number of nitrogens with one attached hydrogen (secondary N) is 1. The standard InChI is InChI=1S/C13H16ClNO2/c1-15-7-3-2-4-10-5-6-12(14)8-11(10)9-13(16)17/h2,4-6,8,15H,3,7,9H2,1H3,(H,16,17). The molecule has 0 saturated heterocycles. The zero-order valence-corrected chi connectivity index (χ0v) is 10.5. The predicted molar refractivity (Wildman–Crippen MR) is 70.4 cm³/mol. The van der Waals surface area contributed by atoms with Gasteiger partial charge in [-0.2, -0.15) is 0 Å². The minimum Gasteiger partial charge on any atom is -0.481 e. The van der Waals surface area contributed by atoms with Crippen molar-refractivity contribution in [3.05, 3.63) is 40.4 Å². The fourth-order valence-electron chi connectivity index (χ4n) is 1.49. The van der Waals surface area contributed by atoms with Crippen LogP contribution in [0.5, 0.6) is 0 Å². The van der Waals surface area contributed by atoms with E-state index in [1.807, 2.05) is 25.3 Å². The van der Waals surface area contributed by atoms with E-state index in [-0.39, 0.29) is 6.42 Å². The van der Waals surface area contributed by atoms with Crippen molar-refractivity contribution in [2.24, 2.45) is 0 Å². The van der Waals surface area contributed by atoms with E-state index in [9.17, 15) is 4.79 Å². The van der Waals surface area contributed by atoms with Gasteiger partial charge < -0.3 is 10.4 Å². The lowest BCUT2D eigenvalue weighted by atomic mass is 10.0. The summed E-state index contributed by atoms with van der Waals surface area (Å²) in [6.07, 6.45) is 4.86. The molecule has 0 unspecified atom stereocenters. The van der Waals surface area contributed by atoms with Crippen LogP contribution < -0.4 is 5.32 Å². The number of rotatable bonds is 6. The summed E-state index contributed by atoms with van der Waals surface area (Å²) >= 11 is 5.86. The van der Waals surface area contributed by atoms with Gasteiger partial charge in [-0.1, -0.05) is 29.8 Å². The van der Waals surface area contributed by atoms with E-state index in [4.69, 9.17) is 16.7 Å². The summed E-state index contributed by atoms with van der Waals surface area (Å²) in [7, 11) is 1.89. The van der Waals surface area contributed by atoms with E-state index in [1.54, 1.807) is 12.1 Å². The van der Waals surface area contributed by atoms with Crippen molar-refractivity contribution in [3.8, 4) is 0 Å². The lowest BCUT2D eigenvalue weighted by Crippen LogP contribution is -2.05. The minimum atomic E-state index is -0.850. The van der Waals surface area contributed by atoms with Gasteiger partial charge in [0.2, 0.25) is 0 Å². The molecule has 0 heterocycles. The molecule has 0 aliphatic carbocycles. The summed E-state index contributed by atoms with van der Waals surface area (Å²) in [5.41, 5.74) is 1.65. The van der Waals surface area contributed by atoms with Gasteiger partial charge in [0.05, 0.1) is 6.42 Å². The molecule has 0 aliphatic rings. The number of aliphatic carboxylic acids is 1. The number of hydrogen-bond acceptors (Lipinski definition) is 2. The van der Waals surface area contributed by atoms with Crippen molar-refractivity contribution in [1.82, 2.24) is 5.32 Å². The van der Waals surface area contributed by atoms with Gasteiger partial charge in [-0.15, -0.1) is 0 Å². The zero-order valence-electron chi connectivity index (χ0n) is 9.74. The molecule has 92 valence electrons. The normalized spacial score (nSPS) is 10.9. The fourth-order valence-corrected chi connectivity index (χ4v) is 1.69. The molecule has 0 aromatic heterocycles. The second-order valence-electron chi connectivity index (χ2n) is 3.71. The Balaban J connectivity index is 2.82. The van der Waals surface area contributed by atoms with Crippen LogP contribution in [0.25, 0.3) is 6.08 Å². The number of carboxylic acids is 1. The maximum Gasteiger partial charge on any atom is 0.307 e. The van der Waals surface area contributed by atoms with Crippen LogP contribution in [0, 0.1) is 0 Å². The molecule has 2 N–H and O–H groups in total. The first-order valence-corrected chi connectivity index (χ1v) is 5.82. The van der Waals surface area contributed by atoms with Crippen LogP contribution >= 0.6 is 11.6 Å². The van der Waals surface area contributed by atoms with Crippen molar-refractivity contribution in [3.63, 3.8) is 0 Å². The third kappa shape index (κ3) is 5.02. The van der Waals surface area contributed by atoms with Gasteiger partial charge in [0.1, 0.15) is 0 Å². The van der Waals surface area contributed by atoms with E-state index in [1.165, 1.54) is 0 Å². The number of hydrogen-bond donors (Lipinski definition) is 2. The highest BCUT2D eigenvalue weighted by molar-refractivity contribution is 6.30. The quantitative estimate of drug-likeness (QED) is 0.766. The maximum absolute atomic E-state index is 10.7. The second-order valence-corrected chi connectivity index (χ2v) is 4.14. The van der Waals surface area contributed by atoms with Crippen molar-refractivity contribution in [2.75, 3.05) is 13.6 Å². The fraction of sp³-hybridized carbons (Fsp3) is 0.308. The first-order chi connectivity index (χ1) is 8.13. The van der Waals surface area contributed by atoms with E-state index >= 15 is 0 Å². The molecule has 1 aromatic rings. The number of carboxylic acid groups (broad SMARTS) is 1. The Kier molecular flexibility index (Phi) is 5.73. The summed E-state index contributed by atoms with van der Waals surface area (Å²) in [4.78, 5) is 10.7. The molecule has 0 amide bonds. The van der Waals surface area contributed by atoms with Gasteiger partial charge >= 0.3 is 5.97 Å². The molecule has 1 rings (SSSR count). The first-order valence-electron chi connectivity index (χ1n) is 5.45. The Morgan fingerprint density at radius 2 is 2.29 bits per heavy atom. The molecule has 0 atom stereocenters. The molecule has 17 heavy (non-hydrogen) atoms. The number of benzene rings is 1. The Labute approximate surface area is 106 Å². The second kappa shape index (κ2) is 7.09. The summed E-state index contributed by atoms with van der Waals surface area (Å²) < 4.78 is 0. The monoisotopic (exact) mass is 253 g/mol. The Bertz CT molecular complexity index is 416. The van der Waals surface area contributed by atoms with Crippen LogP contribution in [0.4, 0.5) is 0 Å². The molecule has 0 fully saturated rings. The Morgan fingerprint density at radius 1 is 1.53 bits per heavy atom. The highest BCUT2D eigenvalue weighted by Gasteiger charge is 2.05. The molecule has 0 saturated carbocycles. The summed E-state index contributed by atoms with van der Waals surface area (Å²) in [5, 5.41) is 12.4. The van der Waals surface area contributed by atoms with Crippen molar-refractivity contribution < 1.29 is 9.90 Å². The van der Waals surface area contributed by atoms with Gasteiger partial charge in [0.25, 0.3) is 0 Å². The smallest absolute Gasteiger partial charge is 0.307 e. The lowest BCUT2D eigenvalue weighted by Gasteiger charge is -2.04. The molecular weight excluding hydrogens is 238 g/mol. The lowest BCUT2D eigenvalue weighted by molar-refractivity contribution is -0.136. The largest absolute Gasteiger partial charge is 0.481 e. The number of carbonyl (C=O) groups is 1. The zero-order chi connectivity index (χ0) is 12.7. The van der Waals surface area contributed by atoms with Gasteiger partial charge in [-0.25, -0.2) is 0 Å². The van der Waals surface area contributed by atoms with Crippen molar-refractivity contribution >= 4 is 23.6 Å². The van der Waals surface area contributed by atoms with Gasteiger partial charge in [-0.3, -0.25) is 4.79 Å². The average Bonchev–Trinajstić information content (AvgIpc) is 2.26. The molecule has 0 radical (unpaired) electrons. The van der Waals surface area contributed by atoms with E-state index in [0.717, 1.165) is 24.1 Å². The molecular formula is C13H16ClNO2. The van der Waals surface area contributed by atoms with E-state index < -0.39 is 5.97 Å². The molecule has 0 spiro atoms. The van der Waals surface area contributed by atoms with Gasteiger partial charge in [0, 0.05) is 5.02 Å².